The molecule has 1 heterocycles. The van der Waals surface area contributed by atoms with Crippen LogP contribution in [0.4, 0.5) is 0 Å². The summed E-state index contributed by atoms with van der Waals surface area (Å²) in [5, 5.41) is 0. The molecule has 4 heteroatoms. The SMILES string of the molecule is COc1cc([C@H]2OC[C@H](C)[C@@H]2C)cc(OC)c1OC. The molecule has 0 N–H and O–H groups in total. The quantitative estimate of drug-likeness (QED) is 0.839. The number of ether oxygens (including phenoxy) is 4. The summed E-state index contributed by atoms with van der Waals surface area (Å²) in [6.07, 6.45) is 0.0868. The first-order valence-electron chi connectivity index (χ1n) is 6.53. The van der Waals surface area contributed by atoms with Gasteiger partial charge in [-0.25, -0.2) is 0 Å². The van der Waals surface area contributed by atoms with Gasteiger partial charge in [0.25, 0.3) is 0 Å². The summed E-state index contributed by atoms with van der Waals surface area (Å²) in [6.45, 7) is 5.22. The van der Waals surface area contributed by atoms with E-state index >= 15 is 0 Å². The summed E-state index contributed by atoms with van der Waals surface area (Å²) >= 11 is 0. The fourth-order valence-corrected chi connectivity index (χ4v) is 2.52. The van der Waals surface area contributed by atoms with Crippen molar-refractivity contribution in [3.63, 3.8) is 0 Å². The van der Waals surface area contributed by atoms with Gasteiger partial charge < -0.3 is 18.9 Å². The van der Waals surface area contributed by atoms with Gasteiger partial charge in [-0.1, -0.05) is 13.8 Å². The molecule has 1 fully saturated rings. The fourth-order valence-electron chi connectivity index (χ4n) is 2.52. The zero-order valence-corrected chi connectivity index (χ0v) is 12.2. The van der Waals surface area contributed by atoms with E-state index in [-0.39, 0.29) is 6.10 Å². The van der Waals surface area contributed by atoms with Crippen molar-refractivity contribution in [2.75, 3.05) is 27.9 Å². The number of benzene rings is 1. The first-order valence-corrected chi connectivity index (χ1v) is 6.53. The van der Waals surface area contributed by atoms with E-state index in [2.05, 4.69) is 13.8 Å². The Hall–Kier alpha value is -1.42. The Bertz CT molecular complexity index is 419. The maximum atomic E-state index is 5.88. The Kier molecular flexibility index (Phi) is 4.20. The van der Waals surface area contributed by atoms with Crippen LogP contribution in [0.3, 0.4) is 0 Å². The third-order valence-corrected chi connectivity index (χ3v) is 3.93. The molecule has 0 bridgehead atoms. The van der Waals surface area contributed by atoms with Crippen LogP contribution in [0, 0.1) is 11.8 Å². The van der Waals surface area contributed by atoms with Crippen LogP contribution in [0.25, 0.3) is 0 Å². The van der Waals surface area contributed by atoms with E-state index < -0.39 is 0 Å². The molecular formula is C15H22O4. The Labute approximate surface area is 114 Å². The van der Waals surface area contributed by atoms with Crippen LogP contribution in [0.5, 0.6) is 17.2 Å². The van der Waals surface area contributed by atoms with Crippen molar-refractivity contribution in [1.82, 2.24) is 0 Å². The van der Waals surface area contributed by atoms with Gasteiger partial charge in [0.2, 0.25) is 5.75 Å². The van der Waals surface area contributed by atoms with Crippen molar-refractivity contribution < 1.29 is 18.9 Å². The number of hydrogen-bond donors (Lipinski definition) is 0. The lowest BCUT2D eigenvalue weighted by molar-refractivity contribution is 0.0931. The highest BCUT2D eigenvalue weighted by Crippen LogP contribution is 2.44. The first kappa shape index (κ1) is 14.0. The van der Waals surface area contributed by atoms with Crippen molar-refractivity contribution >= 4 is 0 Å². The normalized spacial score (nSPS) is 26.3. The molecule has 0 saturated carbocycles. The Balaban J connectivity index is 2.42. The molecule has 19 heavy (non-hydrogen) atoms. The van der Waals surface area contributed by atoms with E-state index in [1.54, 1.807) is 21.3 Å². The Morgan fingerprint density at radius 3 is 1.95 bits per heavy atom. The van der Waals surface area contributed by atoms with Gasteiger partial charge >= 0.3 is 0 Å². The molecule has 0 aromatic heterocycles. The van der Waals surface area contributed by atoms with Crippen molar-refractivity contribution in [1.29, 1.82) is 0 Å². The van der Waals surface area contributed by atoms with Gasteiger partial charge in [-0.3, -0.25) is 0 Å². The summed E-state index contributed by atoms with van der Waals surface area (Å²) in [6, 6.07) is 3.95. The third-order valence-electron chi connectivity index (χ3n) is 3.93. The molecule has 1 aromatic rings. The summed E-state index contributed by atoms with van der Waals surface area (Å²) in [5.74, 6) is 3.00. The average Bonchev–Trinajstić information content (AvgIpc) is 2.77. The highest BCUT2D eigenvalue weighted by Gasteiger charge is 2.33. The minimum atomic E-state index is 0.0868. The summed E-state index contributed by atoms with van der Waals surface area (Å²) < 4.78 is 22.0. The molecule has 0 aliphatic carbocycles. The highest BCUT2D eigenvalue weighted by atomic mass is 16.5. The van der Waals surface area contributed by atoms with E-state index in [9.17, 15) is 0 Å². The molecule has 1 aromatic carbocycles. The van der Waals surface area contributed by atoms with E-state index in [1.807, 2.05) is 12.1 Å². The van der Waals surface area contributed by atoms with E-state index in [0.717, 1.165) is 12.2 Å². The number of hydrogen-bond acceptors (Lipinski definition) is 4. The van der Waals surface area contributed by atoms with Crippen molar-refractivity contribution in [3.05, 3.63) is 17.7 Å². The van der Waals surface area contributed by atoms with Crippen molar-refractivity contribution in [3.8, 4) is 17.2 Å². The lowest BCUT2D eigenvalue weighted by Crippen LogP contribution is -2.09. The van der Waals surface area contributed by atoms with Gasteiger partial charge in [0, 0.05) is 0 Å². The second kappa shape index (κ2) is 5.70. The zero-order valence-electron chi connectivity index (χ0n) is 12.2. The van der Waals surface area contributed by atoms with Gasteiger partial charge in [0.05, 0.1) is 34.0 Å². The molecule has 0 radical (unpaired) electrons. The topological polar surface area (TPSA) is 36.9 Å². The molecule has 0 amide bonds. The molecular weight excluding hydrogens is 244 g/mol. The minimum Gasteiger partial charge on any atom is -0.493 e. The Morgan fingerprint density at radius 2 is 1.58 bits per heavy atom. The average molecular weight is 266 g/mol. The van der Waals surface area contributed by atoms with Gasteiger partial charge in [-0.2, -0.15) is 0 Å². The van der Waals surface area contributed by atoms with Crippen molar-refractivity contribution in [2.45, 2.75) is 20.0 Å². The summed E-state index contributed by atoms with van der Waals surface area (Å²) in [4.78, 5) is 0. The first-order chi connectivity index (χ1) is 9.12. The predicted octanol–water partition coefficient (Wildman–Crippen LogP) is 3.06. The van der Waals surface area contributed by atoms with Crippen LogP contribution in [0.15, 0.2) is 12.1 Å². The van der Waals surface area contributed by atoms with Gasteiger partial charge in [-0.15, -0.1) is 0 Å². The molecule has 0 unspecified atom stereocenters. The monoisotopic (exact) mass is 266 g/mol. The lowest BCUT2D eigenvalue weighted by Gasteiger charge is -2.20. The second-order valence-corrected chi connectivity index (χ2v) is 5.05. The van der Waals surface area contributed by atoms with Crippen LogP contribution in [-0.4, -0.2) is 27.9 Å². The van der Waals surface area contributed by atoms with Gasteiger partial charge in [-0.05, 0) is 29.5 Å². The van der Waals surface area contributed by atoms with E-state index in [4.69, 9.17) is 18.9 Å². The molecule has 1 aliphatic heterocycles. The fraction of sp³-hybridized carbons (Fsp3) is 0.600. The largest absolute Gasteiger partial charge is 0.493 e. The minimum absolute atomic E-state index is 0.0868. The van der Waals surface area contributed by atoms with Crippen LogP contribution < -0.4 is 14.2 Å². The zero-order chi connectivity index (χ0) is 14.0. The molecule has 1 saturated heterocycles. The van der Waals surface area contributed by atoms with E-state index in [0.29, 0.717) is 29.1 Å². The highest BCUT2D eigenvalue weighted by molar-refractivity contribution is 5.54. The van der Waals surface area contributed by atoms with Crippen LogP contribution in [-0.2, 0) is 4.74 Å². The van der Waals surface area contributed by atoms with Crippen molar-refractivity contribution in [2.24, 2.45) is 11.8 Å². The molecule has 3 atom stereocenters. The molecule has 106 valence electrons. The second-order valence-electron chi connectivity index (χ2n) is 5.05. The maximum Gasteiger partial charge on any atom is 0.203 e. The number of rotatable bonds is 4. The van der Waals surface area contributed by atoms with Crippen LogP contribution in [0.2, 0.25) is 0 Å². The number of methoxy groups -OCH3 is 3. The molecule has 1 aliphatic rings. The smallest absolute Gasteiger partial charge is 0.203 e. The summed E-state index contributed by atoms with van der Waals surface area (Å²) in [7, 11) is 4.86. The Morgan fingerprint density at radius 1 is 1.00 bits per heavy atom. The molecule has 0 spiro atoms. The predicted molar refractivity (Wildman–Crippen MR) is 73.1 cm³/mol. The van der Waals surface area contributed by atoms with Crippen LogP contribution >= 0.6 is 0 Å². The van der Waals surface area contributed by atoms with Gasteiger partial charge in [0.15, 0.2) is 11.5 Å². The maximum absolute atomic E-state index is 5.88. The standard InChI is InChI=1S/C15H22O4/c1-9-8-19-14(10(9)2)11-6-12(16-3)15(18-5)13(7-11)17-4/h6-7,9-10,14H,8H2,1-5H3/t9-,10-,14-/m0/s1. The van der Waals surface area contributed by atoms with Gasteiger partial charge in [0.1, 0.15) is 0 Å². The molecule has 2 rings (SSSR count). The van der Waals surface area contributed by atoms with Crippen LogP contribution in [0.1, 0.15) is 25.5 Å². The lowest BCUT2D eigenvalue weighted by atomic mass is 9.90. The van der Waals surface area contributed by atoms with E-state index in [1.165, 1.54) is 0 Å². The summed E-state index contributed by atoms with van der Waals surface area (Å²) in [5.41, 5.74) is 1.08. The third kappa shape index (κ3) is 2.50. The molecule has 4 nitrogen and oxygen atoms in total.